The number of carbonyl (C=O) groups is 4. The number of hydrogen-bond donors (Lipinski definition) is 2. The molecule has 0 saturated heterocycles. The summed E-state index contributed by atoms with van der Waals surface area (Å²) in [6.07, 6.45) is -1.10. The fraction of sp³-hybridized carbons (Fsp3) is 0.333. The lowest BCUT2D eigenvalue weighted by Crippen LogP contribution is -2.19. The van der Waals surface area contributed by atoms with Crippen LogP contribution in [0, 0.1) is 13.8 Å². The molecule has 2 N–H and O–H groups in total. The highest BCUT2D eigenvalue weighted by Gasteiger charge is 2.25. The van der Waals surface area contributed by atoms with Crippen LogP contribution in [0.3, 0.4) is 0 Å². The summed E-state index contributed by atoms with van der Waals surface area (Å²) in [6, 6.07) is 14.3. The molecule has 2 unspecified atom stereocenters. The third-order valence-electron chi connectivity index (χ3n) is 4.99. The van der Waals surface area contributed by atoms with Gasteiger partial charge in [-0.2, -0.15) is 0 Å². The van der Waals surface area contributed by atoms with Crippen LogP contribution in [0.25, 0.3) is 0 Å². The molecule has 2 aromatic rings. The molecule has 31 heavy (non-hydrogen) atoms. The van der Waals surface area contributed by atoms with E-state index in [9.17, 15) is 19.2 Å². The Morgan fingerprint density at radius 1 is 0.645 bits per heavy atom. The number of carboxylic acid groups (broad SMARTS) is 2. The van der Waals surface area contributed by atoms with E-state index in [0.717, 1.165) is 11.1 Å². The van der Waals surface area contributed by atoms with E-state index in [1.165, 1.54) is 0 Å². The second kappa shape index (κ2) is 11.1. The molecule has 0 heterocycles. The summed E-state index contributed by atoms with van der Waals surface area (Å²) in [7, 11) is 0. The maximum Gasteiger partial charge on any atom is 0.314 e. The molecular weight excluding hydrogens is 400 g/mol. The van der Waals surface area contributed by atoms with Gasteiger partial charge < -0.3 is 14.9 Å². The van der Waals surface area contributed by atoms with Crippen molar-refractivity contribution < 1.29 is 34.1 Å². The normalized spacial score (nSPS) is 12.6. The van der Waals surface area contributed by atoms with Gasteiger partial charge in [0.15, 0.2) is 0 Å². The minimum absolute atomic E-state index is 0.269. The number of ether oxygens (including phenoxy) is 1. The molecule has 0 saturated carbocycles. The van der Waals surface area contributed by atoms with Crippen LogP contribution in [0.2, 0.25) is 0 Å². The van der Waals surface area contributed by atoms with Crippen LogP contribution >= 0.6 is 0 Å². The van der Waals surface area contributed by atoms with Crippen molar-refractivity contribution in [3.05, 3.63) is 70.8 Å². The molecule has 0 fully saturated rings. The van der Waals surface area contributed by atoms with Crippen molar-refractivity contribution in [1.29, 1.82) is 0 Å². The maximum absolute atomic E-state index is 12.3. The van der Waals surface area contributed by atoms with Gasteiger partial charge in [0.05, 0.1) is 25.7 Å². The second-order valence-electron chi connectivity index (χ2n) is 7.67. The van der Waals surface area contributed by atoms with E-state index in [2.05, 4.69) is 0 Å². The topological polar surface area (TPSA) is 118 Å². The lowest BCUT2D eigenvalue weighted by atomic mass is 9.91. The number of carbonyl (C=O) groups excluding carboxylic acids is 2. The molecular formula is C24H26O7. The Kier molecular flexibility index (Phi) is 8.49. The number of hydrogen-bond acceptors (Lipinski definition) is 5. The van der Waals surface area contributed by atoms with Crippen LogP contribution in [0.1, 0.15) is 59.8 Å². The zero-order chi connectivity index (χ0) is 23.0. The maximum atomic E-state index is 12.3. The van der Waals surface area contributed by atoms with Crippen molar-refractivity contribution >= 4 is 23.9 Å². The Hall–Kier alpha value is -3.48. The number of esters is 2. The highest BCUT2D eigenvalue weighted by atomic mass is 16.6. The monoisotopic (exact) mass is 426 g/mol. The van der Waals surface area contributed by atoms with Crippen molar-refractivity contribution in [3.63, 3.8) is 0 Å². The van der Waals surface area contributed by atoms with E-state index in [0.29, 0.717) is 11.1 Å². The average Bonchev–Trinajstić information content (AvgIpc) is 2.67. The standard InChI is InChI=1S/C24H26O7/c1-15-3-7-17(8-4-15)19(11-21(25)26)13-23(29)31-24(30)14-20(12-22(27)28)18-9-5-16(2)6-10-18/h3-10,19-20H,11-14H2,1-2H3,(H,25,26)(H,27,28). The van der Waals surface area contributed by atoms with Crippen LogP contribution in [-0.4, -0.2) is 34.1 Å². The number of aryl methyl sites for hydroxylation is 2. The van der Waals surface area contributed by atoms with Crippen molar-refractivity contribution in [3.8, 4) is 0 Å². The highest BCUT2D eigenvalue weighted by molar-refractivity contribution is 5.87. The highest BCUT2D eigenvalue weighted by Crippen LogP contribution is 2.27. The summed E-state index contributed by atoms with van der Waals surface area (Å²) in [5, 5.41) is 18.3. The van der Waals surface area contributed by atoms with Gasteiger partial charge in [0.25, 0.3) is 0 Å². The fourth-order valence-corrected chi connectivity index (χ4v) is 3.33. The van der Waals surface area contributed by atoms with Gasteiger partial charge in [-0.25, -0.2) is 0 Å². The molecule has 7 nitrogen and oxygen atoms in total. The molecule has 2 rings (SSSR count). The summed E-state index contributed by atoms with van der Waals surface area (Å²) in [5.74, 6) is -5.07. The molecule has 0 aliphatic heterocycles. The van der Waals surface area contributed by atoms with Crippen LogP contribution in [0.4, 0.5) is 0 Å². The van der Waals surface area contributed by atoms with E-state index in [1.807, 2.05) is 38.1 Å². The quantitative estimate of drug-likeness (QED) is 0.436. The molecule has 2 atom stereocenters. The van der Waals surface area contributed by atoms with Crippen molar-refractivity contribution in [1.82, 2.24) is 0 Å². The van der Waals surface area contributed by atoms with Gasteiger partial charge in [-0.05, 0) is 25.0 Å². The van der Waals surface area contributed by atoms with Gasteiger partial charge in [-0.3, -0.25) is 19.2 Å². The van der Waals surface area contributed by atoms with Crippen LogP contribution in [-0.2, 0) is 23.9 Å². The zero-order valence-corrected chi connectivity index (χ0v) is 17.5. The summed E-state index contributed by atoms with van der Waals surface area (Å²) in [6.45, 7) is 3.79. The lowest BCUT2D eigenvalue weighted by molar-refractivity contribution is -0.160. The van der Waals surface area contributed by atoms with Crippen molar-refractivity contribution in [2.24, 2.45) is 0 Å². The number of carboxylic acids is 2. The molecule has 0 amide bonds. The van der Waals surface area contributed by atoms with Crippen molar-refractivity contribution in [2.45, 2.75) is 51.4 Å². The lowest BCUT2D eigenvalue weighted by Gasteiger charge is -2.16. The molecule has 2 aromatic carbocycles. The zero-order valence-electron chi connectivity index (χ0n) is 17.5. The van der Waals surface area contributed by atoms with Crippen LogP contribution < -0.4 is 0 Å². The third-order valence-corrected chi connectivity index (χ3v) is 4.99. The average molecular weight is 426 g/mol. The number of benzene rings is 2. The summed E-state index contributed by atoms with van der Waals surface area (Å²) < 4.78 is 4.90. The first-order valence-electron chi connectivity index (χ1n) is 9.94. The first-order valence-corrected chi connectivity index (χ1v) is 9.94. The molecule has 0 radical (unpaired) electrons. The minimum Gasteiger partial charge on any atom is -0.481 e. The molecule has 0 aromatic heterocycles. The smallest absolute Gasteiger partial charge is 0.314 e. The molecule has 164 valence electrons. The van der Waals surface area contributed by atoms with Gasteiger partial charge >= 0.3 is 23.9 Å². The predicted molar refractivity (Wildman–Crippen MR) is 113 cm³/mol. The Bertz CT molecular complexity index is 852. The third kappa shape index (κ3) is 8.04. The number of rotatable bonds is 10. The summed E-state index contributed by atoms with van der Waals surface area (Å²) in [4.78, 5) is 47.1. The molecule has 0 aliphatic rings. The van der Waals surface area contributed by atoms with Gasteiger partial charge in [-0.15, -0.1) is 0 Å². The Balaban J connectivity index is 2.04. The van der Waals surface area contributed by atoms with Gasteiger partial charge in [0, 0.05) is 11.8 Å². The first-order chi connectivity index (χ1) is 14.6. The fourth-order valence-electron chi connectivity index (χ4n) is 3.33. The largest absolute Gasteiger partial charge is 0.481 e. The van der Waals surface area contributed by atoms with Crippen LogP contribution in [0.15, 0.2) is 48.5 Å². The van der Waals surface area contributed by atoms with E-state index in [4.69, 9.17) is 14.9 Å². The molecule has 0 spiro atoms. The SMILES string of the molecule is Cc1ccc(C(CC(=O)O)CC(=O)OC(=O)CC(CC(=O)O)c2ccc(C)cc2)cc1. The molecule has 0 bridgehead atoms. The molecule has 0 aliphatic carbocycles. The van der Waals surface area contributed by atoms with E-state index < -0.39 is 35.7 Å². The number of aliphatic carboxylic acids is 2. The second-order valence-corrected chi connectivity index (χ2v) is 7.67. The first kappa shape index (κ1) is 23.8. The Morgan fingerprint density at radius 3 is 1.26 bits per heavy atom. The van der Waals surface area contributed by atoms with Gasteiger partial charge in [-0.1, -0.05) is 59.7 Å². The van der Waals surface area contributed by atoms with Crippen LogP contribution in [0.5, 0.6) is 0 Å². The van der Waals surface area contributed by atoms with Crippen molar-refractivity contribution in [2.75, 3.05) is 0 Å². The van der Waals surface area contributed by atoms with E-state index in [-0.39, 0.29) is 25.7 Å². The Labute approximate surface area is 180 Å². The summed E-state index contributed by atoms with van der Waals surface area (Å²) >= 11 is 0. The van der Waals surface area contributed by atoms with Gasteiger partial charge in [0.2, 0.25) is 0 Å². The minimum atomic E-state index is -1.06. The van der Waals surface area contributed by atoms with E-state index in [1.54, 1.807) is 24.3 Å². The Morgan fingerprint density at radius 2 is 0.968 bits per heavy atom. The summed E-state index contributed by atoms with van der Waals surface area (Å²) in [5.41, 5.74) is 3.33. The van der Waals surface area contributed by atoms with E-state index >= 15 is 0 Å². The molecule has 7 heteroatoms. The van der Waals surface area contributed by atoms with Gasteiger partial charge in [0.1, 0.15) is 0 Å². The predicted octanol–water partition coefficient (Wildman–Crippen LogP) is 3.97.